The molecule has 1 amide bonds. The molecule has 114 valence electrons. The lowest BCUT2D eigenvalue weighted by Gasteiger charge is -2.20. The minimum absolute atomic E-state index is 0.435. The number of carbonyl (C=O) groups is 1. The Morgan fingerprint density at radius 3 is 2.38 bits per heavy atom. The number of hydrogen-bond acceptors (Lipinski definition) is 2. The fraction of sp³-hybridized carbons (Fsp3) is 0.389. The van der Waals surface area contributed by atoms with Gasteiger partial charge in [0.1, 0.15) is 5.60 Å². The summed E-state index contributed by atoms with van der Waals surface area (Å²) in [6.45, 7) is 15.3. The lowest BCUT2D eigenvalue weighted by molar-refractivity contribution is 0.0636. The molecule has 0 aliphatic carbocycles. The van der Waals surface area contributed by atoms with Crippen molar-refractivity contribution in [2.75, 3.05) is 5.32 Å². The molecule has 1 N–H and O–H groups in total. The van der Waals surface area contributed by atoms with Gasteiger partial charge in [-0.2, -0.15) is 0 Å². The number of amides is 1. The second kappa shape index (κ2) is 6.61. The van der Waals surface area contributed by atoms with Crippen molar-refractivity contribution in [3.8, 4) is 0 Å². The van der Waals surface area contributed by atoms with E-state index < -0.39 is 11.7 Å². The number of rotatable bonds is 3. The number of hydrogen-bond donors (Lipinski definition) is 1. The second-order valence-corrected chi connectivity index (χ2v) is 6.24. The molecule has 3 heteroatoms. The van der Waals surface area contributed by atoms with Gasteiger partial charge in [-0.1, -0.05) is 24.3 Å². The number of carbonyl (C=O) groups excluding carboxylic acids is 1. The van der Waals surface area contributed by atoms with E-state index in [4.69, 9.17) is 4.74 Å². The van der Waals surface area contributed by atoms with Crippen molar-refractivity contribution in [1.82, 2.24) is 0 Å². The molecule has 0 atom stereocenters. The standard InChI is InChI=1S/C18H25NO2/c1-8-12(2)9-15-10-14(4)16(11-13(15)3)19-17(20)21-18(5,6)7/h8-11H,1H2,2-7H3,(H,19,20)/b12-9+. The summed E-state index contributed by atoms with van der Waals surface area (Å²) in [6.07, 6.45) is 3.46. The second-order valence-electron chi connectivity index (χ2n) is 6.24. The summed E-state index contributed by atoms with van der Waals surface area (Å²) in [7, 11) is 0. The molecule has 0 aromatic heterocycles. The van der Waals surface area contributed by atoms with E-state index >= 15 is 0 Å². The Kier molecular flexibility index (Phi) is 5.36. The maximum absolute atomic E-state index is 11.8. The Labute approximate surface area is 127 Å². The zero-order chi connectivity index (χ0) is 16.2. The summed E-state index contributed by atoms with van der Waals surface area (Å²) in [5.74, 6) is 0. The molecule has 0 saturated heterocycles. The number of ether oxygens (including phenoxy) is 1. The highest BCUT2D eigenvalue weighted by atomic mass is 16.6. The van der Waals surface area contributed by atoms with E-state index in [1.165, 1.54) is 0 Å². The lowest BCUT2D eigenvalue weighted by Crippen LogP contribution is -2.27. The normalized spacial score (nSPS) is 12.0. The Morgan fingerprint density at radius 1 is 1.24 bits per heavy atom. The molecule has 0 heterocycles. The highest BCUT2D eigenvalue weighted by molar-refractivity contribution is 5.86. The zero-order valence-corrected chi connectivity index (χ0v) is 13.8. The van der Waals surface area contributed by atoms with Crippen LogP contribution < -0.4 is 5.32 Å². The molecule has 0 radical (unpaired) electrons. The molecular weight excluding hydrogens is 262 g/mol. The van der Waals surface area contributed by atoms with Gasteiger partial charge in [-0.25, -0.2) is 4.79 Å². The topological polar surface area (TPSA) is 38.3 Å². The predicted octanol–water partition coefficient (Wildman–Crippen LogP) is 5.24. The largest absolute Gasteiger partial charge is 0.444 e. The summed E-state index contributed by atoms with van der Waals surface area (Å²) in [5.41, 5.74) is 4.58. The summed E-state index contributed by atoms with van der Waals surface area (Å²) >= 11 is 0. The molecular formula is C18H25NO2. The average Bonchev–Trinajstić information content (AvgIpc) is 2.32. The maximum Gasteiger partial charge on any atom is 0.412 e. The van der Waals surface area contributed by atoms with Gasteiger partial charge < -0.3 is 4.74 Å². The van der Waals surface area contributed by atoms with Crippen LogP contribution in [-0.2, 0) is 4.74 Å². The fourth-order valence-electron chi connectivity index (χ4n) is 1.85. The molecule has 1 aromatic carbocycles. The highest BCUT2D eigenvalue weighted by Gasteiger charge is 2.17. The molecule has 0 fully saturated rings. The molecule has 0 unspecified atom stereocenters. The van der Waals surface area contributed by atoms with Gasteiger partial charge in [0.05, 0.1) is 0 Å². The van der Waals surface area contributed by atoms with Crippen LogP contribution in [0.4, 0.5) is 10.5 Å². The quantitative estimate of drug-likeness (QED) is 0.772. The van der Waals surface area contributed by atoms with Gasteiger partial charge in [0.2, 0.25) is 0 Å². The van der Waals surface area contributed by atoms with Crippen molar-refractivity contribution >= 4 is 17.9 Å². The van der Waals surface area contributed by atoms with E-state index in [2.05, 4.69) is 24.0 Å². The van der Waals surface area contributed by atoms with Gasteiger partial charge in [0.15, 0.2) is 0 Å². The zero-order valence-electron chi connectivity index (χ0n) is 13.8. The first-order valence-electron chi connectivity index (χ1n) is 7.04. The number of nitrogens with one attached hydrogen (secondary N) is 1. The number of allylic oxidation sites excluding steroid dienone is 2. The van der Waals surface area contributed by atoms with Crippen LogP contribution in [0.25, 0.3) is 6.08 Å². The average molecular weight is 287 g/mol. The van der Waals surface area contributed by atoms with E-state index in [0.717, 1.165) is 28.0 Å². The number of benzene rings is 1. The monoisotopic (exact) mass is 287 g/mol. The molecule has 0 spiro atoms. The number of aryl methyl sites for hydroxylation is 2. The van der Waals surface area contributed by atoms with E-state index in [1.54, 1.807) is 0 Å². The van der Waals surface area contributed by atoms with Gasteiger partial charge in [-0.05, 0) is 70.4 Å². The molecule has 0 aliphatic heterocycles. The van der Waals surface area contributed by atoms with Crippen molar-refractivity contribution in [3.05, 3.63) is 47.1 Å². The van der Waals surface area contributed by atoms with Crippen LogP contribution in [0.5, 0.6) is 0 Å². The first kappa shape index (κ1) is 17.0. The Bertz CT molecular complexity index is 578. The third-order valence-electron chi connectivity index (χ3n) is 2.95. The minimum atomic E-state index is -0.503. The van der Waals surface area contributed by atoms with Crippen molar-refractivity contribution < 1.29 is 9.53 Å². The van der Waals surface area contributed by atoms with Crippen molar-refractivity contribution in [2.45, 2.75) is 47.1 Å². The van der Waals surface area contributed by atoms with Crippen LogP contribution in [0.3, 0.4) is 0 Å². The van der Waals surface area contributed by atoms with Gasteiger partial charge in [-0.15, -0.1) is 0 Å². The van der Waals surface area contributed by atoms with E-state index in [9.17, 15) is 4.79 Å². The molecule has 1 aromatic rings. The molecule has 3 nitrogen and oxygen atoms in total. The Morgan fingerprint density at radius 2 is 1.86 bits per heavy atom. The third-order valence-corrected chi connectivity index (χ3v) is 2.95. The van der Waals surface area contributed by atoms with Gasteiger partial charge >= 0.3 is 6.09 Å². The van der Waals surface area contributed by atoms with Crippen LogP contribution >= 0.6 is 0 Å². The molecule has 0 bridgehead atoms. The Balaban J connectivity index is 2.99. The SMILES string of the molecule is C=C/C(C)=C/c1cc(C)c(NC(=O)OC(C)(C)C)cc1C. The van der Waals surface area contributed by atoms with Crippen LogP contribution in [0.2, 0.25) is 0 Å². The van der Waals surface area contributed by atoms with Gasteiger partial charge in [0.25, 0.3) is 0 Å². The van der Waals surface area contributed by atoms with Gasteiger partial charge in [0, 0.05) is 5.69 Å². The first-order chi connectivity index (χ1) is 9.62. The number of anilines is 1. The summed E-state index contributed by atoms with van der Waals surface area (Å²) < 4.78 is 5.27. The summed E-state index contributed by atoms with van der Waals surface area (Å²) in [5, 5.41) is 2.80. The van der Waals surface area contributed by atoms with Crippen LogP contribution in [0, 0.1) is 13.8 Å². The third kappa shape index (κ3) is 5.46. The minimum Gasteiger partial charge on any atom is -0.444 e. The molecule has 21 heavy (non-hydrogen) atoms. The predicted molar refractivity (Wildman–Crippen MR) is 89.6 cm³/mol. The van der Waals surface area contributed by atoms with Crippen molar-refractivity contribution in [3.63, 3.8) is 0 Å². The Hall–Kier alpha value is -2.03. The van der Waals surface area contributed by atoms with Crippen LogP contribution in [0.15, 0.2) is 30.4 Å². The molecule has 1 rings (SSSR count). The highest BCUT2D eigenvalue weighted by Crippen LogP contribution is 2.23. The van der Waals surface area contributed by atoms with Crippen molar-refractivity contribution in [1.29, 1.82) is 0 Å². The molecule has 0 saturated carbocycles. The first-order valence-corrected chi connectivity index (χ1v) is 7.04. The van der Waals surface area contributed by atoms with Gasteiger partial charge in [-0.3, -0.25) is 5.32 Å². The summed E-state index contributed by atoms with van der Waals surface area (Å²) in [4.78, 5) is 11.8. The van der Waals surface area contributed by atoms with E-state index in [1.807, 2.05) is 53.7 Å². The fourth-order valence-corrected chi connectivity index (χ4v) is 1.85. The lowest BCUT2D eigenvalue weighted by atomic mass is 10.0. The smallest absolute Gasteiger partial charge is 0.412 e. The maximum atomic E-state index is 11.8. The van der Waals surface area contributed by atoms with E-state index in [0.29, 0.717) is 0 Å². The molecule has 0 aliphatic rings. The van der Waals surface area contributed by atoms with E-state index in [-0.39, 0.29) is 0 Å². The summed E-state index contributed by atoms with van der Waals surface area (Å²) in [6, 6.07) is 4.01. The van der Waals surface area contributed by atoms with Crippen molar-refractivity contribution in [2.24, 2.45) is 0 Å². The van der Waals surface area contributed by atoms with Crippen LogP contribution in [-0.4, -0.2) is 11.7 Å². The van der Waals surface area contributed by atoms with Crippen LogP contribution in [0.1, 0.15) is 44.4 Å².